The van der Waals surface area contributed by atoms with Gasteiger partial charge in [0.15, 0.2) is 0 Å². The summed E-state index contributed by atoms with van der Waals surface area (Å²) in [5, 5.41) is 32.5. The molecule has 1 amide bonds. The Labute approximate surface area is 130 Å². The maximum Gasteiger partial charge on any atom is 0.407 e. The van der Waals surface area contributed by atoms with E-state index in [2.05, 4.69) is 5.32 Å². The molecule has 4 N–H and O–H groups in total. The van der Waals surface area contributed by atoms with Gasteiger partial charge in [0.2, 0.25) is 0 Å². The van der Waals surface area contributed by atoms with E-state index in [1.54, 1.807) is 45.9 Å². The van der Waals surface area contributed by atoms with Gasteiger partial charge in [-0.3, -0.25) is 0 Å². The van der Waals surface area contributed by atoms with Gasteiger partial charge in [-0.2, -0.15) is 0 Å². The van der Waals surface area contributed by atoms with Gasteiger partial charge in [-0.15, -0.1) is 0 Å². The predicted molar refractivity (Wildman–Crippen MR) is 82.7 cm³/mol. The fourth-order valence-electron chi connectivity index (χ4n) is 1.92. The summed E-state index contributed by atoms with van der Waals surface area (Å²) in [4.78, 5) is 11.5. The minimum absolute atomic E-state index is 0.0332. The Hall–Kier alpha value is -1.79. The highest BCUT2D eigenvalue weighted by Gasteiger charge is 2.22. The summed E-state index contributed by atoms with van der Waals surface area (Å²) in [6, 6.07) is 4.96. The molecule has 6 heteroatoms. The molecule has 124 valence electrons. The van der Waals surface area contributed by atoms with E-state index < -0.39 is 23.9 Å². The molecule has 1 aromatic rings. The van der Waals surface area contributed by atoms with Crippen LogP contribution < -0.4 is 5.32 Å². The topological polar surface area (TPSA) is 99.0 Å². The van der Waals surface area contributed by atoms with E-state index in [-0.39, 0.29) is 24.3 Å². The fraction of sp³-hybridized carbons (Fsp3) is 0.562. The molecule has 0 spiro atoms. The lowest BCUT2D eigenvalue weighted by Gasteiger charge is -2.22. The van der Waals surface area contributed by atoms with Crippen molar-refractivity contribution in [3.05, 3.63) is 29.3 Å². The summed E-state index contributed by atoms with van der Waals surface area (Å²) in [7, 11) is 0. The van der Waals surface area contributed by atoms with Gasteiger partial charge in [0.25, 0.3) is 0 Å². The van der Waals surface area contributed by atoms with Crippen LogP contribution in [0.3, 0.4) is 0 Å². The summed E-state index contributed by atoms with van der Waals surface area (Å²) in [5.41, 5.74) is 0.302. The van der Waals surface area contributed by atoms with Gasteiger partial charge in [-0.1, -0.05) is 18.2 Å². The van der Waals surface area contributed by atoms with Gasteiger partial charge in [-0.05, 0) is 39.7 Å². The van der Waals surface area contributed by atoms with Crippen LogP contribution in [0.2, 0.25) is 0 Å². The average Bonchev–Trinajstić information content (AvgIpc) is 2.39. The first-order valence-electron chi connectivity index (χ1n) is 7.23. The number of benzene rings is 1. The maximum atomic E-state index is 11.5. The number of hydrogen-bond donors (Lipinski definition) is 4. The quantitative estimate of drug-likeness (QED) is 0.666. The lowest BCUT2D eigenvalue weighted by molar-refractivity contribution is 0.0110. The number of aliphatic hydroxyl groups excluding tert-OH is 2. The molecule has 6 nitrogen and oxygen atoms in total. The van der Waals surface area contributed by atoms with Gasteiger partial charge in [-0.25, -0.2) is 4.79 Å². The summed E-state index contributed by atoms with van der Waals surface area (Å²) in [6.07, 6.45) is -2.77. The van der Waals surface area contributed by atoms with E-state index >= 15 is 0 Å². The van der Waals surface area contributed by atoms with Crippen molar-refractivity contribution < 1.29 is 24.9 Å². The first-order valence-corrected chi connectivity index (χ1v) is 7.23. The van der Waals surface area contributed by atoms with Gasteiger partial charge in [0.05, 0.1) is 6.10 Å². The highest BCUT2D eigenvalue weighted by Crippen LogP contribution is 2.29. The number of alkyl carbamates (subject to hydrolysis) is 1. The molecule has 1 rings (SSSR count). The first-order chi connectivity index (χ1) is 10.1. The molecule has 0 aromatic heterocycles. The number of hydrogen-bond acceptors (Lipinski definition) is 5. The van der Waals surface area contributed by atoms with E-state index in [1.165, 1.54) is 0 Å². The van der Waals surface area contributed by atoms with Crippen molar-refractivity contribution in [3.8, 4) is 5.75 Å². The van der Waals surface area contributed by atoms with Crippen LogP contribution >= 0.6 is 0 Å². The number of aliphatic hydroxyl groups is 2. The molecule has 22 heavy (non-hydrogen) atoms. The lowest BCUT2D eigenvalue weighted by Crippen LogP contribution is -2.34. The zero-order chi connectivity index (χ0) is 16.9. The number of rotatable bonds is 5. The van der Waals surface area contributed by atoms with Crippen LogP contribution in [0, 0.1) is 6.92 Å². The van der Waals surface area contributed by atoms with Gasteiger partial charge < -0.3 is 25.4 Å². The van der Waals surface area contributed by atoms with E-state index in [1.807, 2.05) is 0 Å². The molecule has 2 unspecified atom stereocenters. The van der Waals surface area contributed by atoms with Crippen molar-refractivity contribution in [3.63, 3.8) is 0 Å². The van der Waals surface area contributed by atoms with Crippen LogP contribution in [0.1, 0.15) is 44.4 Å². The van der Waals surface area contributed by atoms with Gasteiger partial charge in [0.1, 0.15) is 17.5 Å². The fourth-order valence-corrected chi connectivity index (χ4v) is 1.92. The highest BCUT2D eigenvalue weighted by atomic mass is 16.6. The third kappa shape index (κ3) is 5.54. The van der Waals surface area contributed by atoms with E-state index in [0.29, 0.717) is 5.56 Å². The van der Waals surface area contributed by atoms with Gasteiger partial charge >= 0.3 is 6.09 Å². The third-order valence-corrected chi connectivity index (χ3v) is 3.06. The molecule has 0 radical (unpaired) electrons. The number of carbonyl (C=O) groups is 1. The monoisotopic (exact) mass is 311 g/mol. The number of ether oxygens (including phenoxy) is 1. The Morgan fingerprint density at radius 1 is 1.32 bits per heavy atom. The summed E-state index contributed by atoms with van der Waals surface area (Å²) >= 11 is 0. The van der Waals surface area contributed by atoms with Gasteiger partial charge in [0, 0.05) is 12.1 Å². The zero-order valence-electron chi connectivity index (χ0n) is 13.5. The number of phenolic OH excluding ortho intramolecular Hbond substituents is 1. The predicted octanol–water partition coefficient (Wildman–Crippen LogP) is 2.01. The van der Waals surface area contributed by atoms with Crippen LogP contribution in [-0.4, -0.2) is 39.7 Å². The van der Waals surface area contributed by atoms with Crippen molar-refractivity contribution in [2.75, 3.05) is 6.54 Å². The van der Waals surface area contributed by atoms with Crippen molar-refractivity contribution in [2.45, 2.75) is 51.9 Å². The second-order valence-electron chi connectivity index (χ2n) is 6.24. The molecule has 0 saturated heterocycles. The van der Waals surface area contributed by atoms with Crippen LogP contribution in [-0.2, 0) is 4.74 Å². The van der Waals surface area contributed by atoms with Crippen molar-refractivity contribution in [1.82, 2.24) is 5.32 Å². The smallest absolute Gasteiger partial charge is 0.407 e. The lowest BCUT2D eigenvalue weighted by atomic mass is 9.99. The molecule has 0 heterocycles. The number of phenols is 1. The average molecular weight is 311 g/mol. The molecule has 0 aliphatic rings. The normalized spacial score (nSPS) is 14.3. The Morgan fingerprint density at radius 2 is 1.95 bits per heavy atom. The summed E-state index contributed by atoms with van der Waals surface area (Å²) in [5.74, 6) is -0.0332. The molecule has 0 aliphatic carbocycles. The van der Waals surface area contributed by atoms with Crippen LogP contribution in [0.15, 0.2) is 18.2 Å². The molecule has 2 atom stereocenters. The molecular weight excluding hydrogens is 286 g/mol. The third-order valence-electron chi connectivity index (χ3n) is 3.06. The standard InChI is InChI=1S/C16H25NO5/c1-10-6-5-7-11(13(10)19)14(20)12(18)8-9-17-15(21)22-16(2,3)4/h5-7,12,14,18-20H,8-9H2,1-4H3,(H,17,21). The highest BCUT2D eigenvalue weighted by molar-refractivity contribution is 5.67. The van der Waals surface area contributed by atoms with Crippen molar-refractivity contribution in [1.29, 1.82) is 0 Å². The van der Waals surface area contributed by atoms with E-state index in [4.69, 9.17) is 4.74 Å². The Balaban J connectivity index is 2.50. The second kappa shape index (κ2) is 7.47. The van der Waals surface area contributed by atoms with Crippen LogP contribution in [0.5, 0.6) is 5.75 Å². The summed E-state index contributed by atoms with van der Waals surface area (Å²) in [6.45, 7) is 7.13. The largest absolute Gasteiger partial charge is 0.507 e. The molecule has 1 aromatic carbocycles. The summed E-state index contributed by atoms with van der Waals surface area (Å²) < 4.78 is 5.07. The number of para-hydroxylation sites is 1. The Bertz CT molecular complexity index is 510. The van der Waals surface area contributed by atoms with Crippen molar-refractivity contribution >= 4 is 6.09 Å². The first kappa shape index (κ1) is 18.3. The number of nitrogens with one attached hydrogen (secondary N) is 1. The molecule has 0 aliphatic heterocycles. The molecule has 0 saturated carbocycles. The minimum atomic E-state index is -1.22. The minimum Gasteiger partial charge on any atom is -0.507 e. The van der Waals surface area contributed by atoms with Crippen LogP contribution in [0.25, 0.3) is 0 Å². The number of aromatic hydroxyl groups is 1. The zero-order valence-corrected chi connectivity index (χ0v) is 13.5. The van der Waals surface area contributed by atoms with Crippen molar-refractivity contribution in [2.24, 2.45) is 0 Å². The van der Waals surface area contributed by atoms with E-state index in [9.17, 15) is 20.1 Å². The number of aryl methyl sites for hydroxylation is 1. The maximum absolute atomic E-state index is 11.5. The number of carbonyl (C=O) groups excluding carboxylic acids is 1. The molecule has 0 fully saturated rings. The Kier molecular flexibility index (Phi) is 6.20. The number of amides is 1. The molecule has 0 bridgehead atoms. The van der Waals surface area contributed by atoms with Crippen LogP contribution in [0.4, 0.5) is 4.79 Å². The van der Waals surface area contributed by atoms with E-state index in [0.717, 1.165) is 0 Å². The SMILES string of the molecule is Cc1cccc(C(O)C(O)CCNC(=O)OC(C)(C)C)c1O. The Morgan fingerprint density at radius 3 is 2.55 bits per heavy atom. The second-order valence-corrected chi connectivity index (χ2v) is 6.24. The molecular formula is C16H25NO5.